The highest BCUT2D eigenvalue weighted by Crippen LogP contribution is 2.30. The Morgan fingerprint density at radius 1 is 1.17 bits per heavy atom. The van der Waals surface area contributed by atoms with E-state index in [4.69, 9.17) is 4.42 Å². The minimum atomic E-state index is -0.767. The number of nitrogens with one attached hydrogen (secondary N) is 1. The number of halogens is 1. The molecule has 0 radical (unpaired) electrons. The molecule has 2 aromatic carbocycles. The molecule has 0 bridgehead atoms. The smallest absolute Gasteiger partial charge is 0.293 e. The molecule has 0 fully saturated rings. The van der Waals surface area contributed by atoms with Crippen LogP contribution in [0.2, 0.25) is 0 Å². The molecule has 0 saturated carbocycles. The van der Waals surface area contributed by atoms with Crippen molar-refractivity contribution in [2.45, 2.75) is 19.9 Å². The van der Waals surface area contributed by atoms with E-state index >= 15 is 0 Å². The van der Waals surface area contributed by atoms with E-state index in [2.05, 4.69) is 10.4 Å². The molecule has 6 nitrogen and oxygen atoms in total. The van der Waals surface area contributed by atoms with Crippen molar-refractivity contribution in [1.82, 2.24) is 15.1 Å². The first-order valence-corrected chi connectivity index (χ1v) is 9.08. The number of aryl methyl sites for hydroxylation is 1. The summed E-state index contributed by atoms with van der Waals surface area (Å²) < 4.78 is 20.8. The molecule has 1 atom stereocenters. The van der Waals surface area contributed by atoms with Crippen LogP contribution in [0.15, 0.2) is 65.3 Å². The van der Waals surface area contributed by atoms with Gasteiger partial charge in [0.25, 0.3) is 11.7 Å². The van der Waals surface area contributed by atoms with Crippen molar-refractivity contribution in [3.05, 3.63) is 83.6 Å². The summed E-state index contributed by atoms with van der Waals surface area (Å²) in [5.74, 6) is -1.35. The number of nitrogens with zero attached hydrogens (tertiary/aromatic N) is 2. The molecule has 0 aliphatic rings. The lowest BCUT2D eigenvalue weighted by atomic mass is 10.1. The largest absolute Gasteiger partial charge is 0.459 e. The molecule has 0 aliphatic heterocycles. The van der Waals surface area contributed by atoms with Gasteiger partial charge in [0.1, 0.15) is 17.2 Å². The molecule has 1 unspecified atom stereocenters. The molecule has 146 valence electrons. The van der Waals surface area contributed by atoms with Gasteiger partial charge < -0.3 is 9.73 Å². The van der Waals surface area contributed by atoms with E-state index in [-0.39, 0.29) is 11.4 Å². The summed E-state index contributed by atoms with van der Waals surface area (Å²) in [6.07, 6.45) is 2.87. The molecule has 1 amide bonds. The Morgan fingerprint density at radius 2 is 1.93 bits per heavy atom. The van der Waals surface area contributed by atoms with Crippen molar-refractivity contribution in [3.63, 3.8) is 0 Å². The van der Waals surface area contributed by atoms with Crippen LogP contribution in [0.1, 0.15) is 34.6 Å². The fourth-order valence-corrected chi connectivity index (χ4v) is 3.25. The van der Waals surface area contributed by atoms with Crippen LogP contribution in [0.5, 0.6) is 0 Å². The number of rotatable bonds is 5. The second kappa shape index (κ2) is 7.35. The van der Waals surface area contributed by atoms with Crippen molar-refractivity contribution < 1.29 is 18.4 Å². The molecule has 0 spiro atoms. The number of aromatic nitrogens is 2. The molecule has 29 heavy (non-hydrogen) atoms. The Kier molecular flexibility index (Phi) is 4.72. The van der Waals surface area contributed by atoms with Gasteiger partial charge in [-0.15, -0.1) is 0 Å². The number of carbonyl (C=O) groups is 2. The second-order valence-corrected chi connectivity index (χ2v) is 6.77. The first-order valence-electron chi connectivity index (χ1n) is 9.08. The maximum Gasteiger partial charge on any atom is 0.293 e. The quantitative estimate of drug-likeness (QED) is 0.410. The van der Waals surface area contributed by atoms with E-state index in [1.165, 1.54) is 29.2 Å². The molecular formula is C22H18FN3O3. The van der Waals surface area contributed by atoms with E-state index in [1.807, 2.05) is 30.3 Å². The van der Waals surface area contributed by atoms with Gasteiger partial charge in [0.05, 0.1) is 23.5 Å². The fraction of sp³-hybridized carbons (Fsp3) is 0.136. The summed E-state index contributed by atoms with van der Waals surface area (Å²) in [7, 11) is 0. The van der Waals surface area contributed by atoms with Gasteiger partial charge in [-0.05, 0) is 44.2 Å². The average Bonchev–Trinajstić information content (AvgIpc) is 3.34. The number of Topliss-reactive ketones (excluding diaryl/α,β-unsaturated/α-hetero) is 1. The lowest BCUT2D eigenvalue weighted by Gasteiger charge is -2.11. The monoisotopic (exact) mass is 391 g/mol. The van der Waals surface area contributed by atoms with E-state index in [1.54, 1.807) is 19.9 Å². The van der Waals surface area contributed by atoms with Gasteiger partial charge in [-0.25, -0.2) is 9.07 Å². The van der Waals surface area contributed by atoms with Crippen LogP contribution in [-0.4, -0.2) is 21.5 Å². The summed E-state index contributed by atoms with van der Waals surface area (Å²) >= 11 is 0. The number of amides is 1. The number of benzene rings is 2. The highest BCUT2D eigenvalue weighted by molar-refractivity contribution is 6.42. The maximum atomic E-state index is 13.5. The number of furan rings is 1. The van der Waals surface area contributed by atoms with E-state index < -0.39 is 17.7 Å². The number of fused-ring (bicyclic) bond motifs is 1. The number of para-hydroxylation sites is 1. The zero-order valence-corrected chi connectivity index (χ0v) is 15.8. The van der Waals surface area contributed by atoms with Gasteiger partial charge >= 0.3 is 0 Å². The van der Waals surface area contributed by atoms with Crippen LogP contribution in [0, 0.1) is 12.7 Å². The highest BCUT2D eigenvalue weighted by Gasteiger charge is 2.24. The van der Waals surface area contributed by atoms with E-state index in [0.717, 1.165) is 11.3 Å². The molecule has 2 heterocycles. The van der Waals surface area contributed by atoms with Crippen LogP contribution in [-0.2, 0) is 4.79 Å². The van der Waals surface area contributed by atoms with Crippen molar-refractivity contribution in [3.8, 4) is 5.69 Å². The maximum absolute atomic E-state index is 13.5. The molecule has 4 rings (SSSR count). The van der Waals surface area contributed by atoms with Gasteiger partial charge in [0.2, 0.25) is 0 Å². The van der Waals surface area contributed by atoms with E-state index in [0.29, 0.717) is 16.7 Å². The zero-order chi connectivity index (χ0) is 20.5. The SMILES string of the molecule is Cc1c(C(C)NC(=O)C(=O)c2cnn(-c3ccccc3)c2)oc2ccc(F)cc12. The third kappa shape index (κ3) is 3.54. The van der Waals surface area contributed by atoms with Crippen molar-refractivity contribution in [2.24, 2.45) is 0 Å². The summed E-state index contributed by atoms with van der Waals surface area (Å²) in [5, 5.41) is 7.42. The first kappa shape index (κ1) is 18.6. The fourth-order valence-electron chi connectivity index (χ4n) is 3.25. The molecule has 0 aliphatic carbocycles. The minimum absolute atomic E-state index is 0.182. The lowest BCUT2D eigenvalue weighted by Crippen LogP contribution is -2.33. The summed E-state index contributed by atoms with van der Waals surface area (Å²) in [6.45, 7) is 3.49. The van der Waals surface area contributed by atoms with Crippen LogP contribution in [0.3, 0.4) is 0 Å². The second-order valence-electron chi connectivity index (χ2n) is 6.77. The molecule has 7 heteroatoms. The highest BCUT2D eigenvalue weighted by atomic mass is 19.1. The zero-order valence-electron chi connectivity index (χ0n) is 15.8. The summed E-state index contributed by atoms with van der Waals surface area (Å²) in [5.41, 5.74) is 2.21. The van der Waals surface area contributed by atoms with E-state index in [9.17, 15) is 14.0 Å². The van der Waals surface area contributed by atoms with Gasteiger partial charge in [0, 0.05) is 17.1 Å². The summed E-state index contributed by atoms with van der Waals surface area (Å²) in [4.78, 5) is 25.0. The predicted octanol–water partition coefficient (Wildman–Crippen LogP) is 4.13. The van der Waals surface area contributed by atoms with Crippen LogP contribution >= 0.6 is 0 Å². The molecule has 1 N–H and O–H groups in total. The molecule has 2 aromatic heterocycles. The molecular weight excluding hydrogens is 373 g/mol. The Morgan fingerprint density at radius 3 is 2.69 bits per heavy atom. The third-order valence-electron chi connectivity index (χ3n) is 4.75. The van der Waals surface area contributed by atoms with Crippen LogP contribution < -0.4 is 5.32 Å². The van der Waals surface area contributed by atoms with Gasteiger partial charge in [-0.3, -0.25) is 9.59 Å². The minimum Gasteiger partial charge on any atom is -0.459 e. The Hall–Kier alpha value is -3.74. The van der Waals surface area contributed by atoms with Gasteiger partial charge in [0.15, 0.2) is 0 Å². The van der Waals surface area contributed by atoms with Crippen molar-refractivity contribution in [2.75, 3.05) is 0 Å². The Bertz CT molecular complexity index is 1210. The Balaban J connectivity index is 1.51. The number of ketones is 1. The van der Waals surface area contributed by atoms with Crippen molar-refractivity contribution >= 4 is 22.7 Å². The third-order valence-corrected chi connectivity index (χ3v) is 4.75. The molecule has 4 aromatic rings. The lowest BCUT2D eigenvalue weighted by molar-refractivity contribution is -0.117. The van der Waals surface area contributed by atoms with Gasteiger partial charge in [-0.2, -0.15) is 5.10 Å². The first-order chi connectivity index (χ1) is 13.9. The number of carbonyl (C=O) groups excluding carboxylic acids is 2. The van der Waals surface area contributed by atoms with Crippen LogP contribution in [0.4, 0.5) is 4.39 Å². The number of hydrogen-bond acceptors (Lipinski definition) is 4. The topological polar surface area (TPSA) is 77.1 Å². The molecule has 0 saturated heterocycles. The summed E-state index contributed by atoms with van der Waals surface area (Å²) in [6, 6.07) is 12.9. The van der Waals surface area contributed by atoms with Crippen molar-refractivity contribution in [1.29, 1.82) is 0 Å². The predicted molar refractivity (Wildman–Crippen MR) is 105 cm³/mol. The average molecular weight is 391 g/mol. The Labute approximate surface area is 165 Å². The van der Waals surface area contributed by atoms with Gasteiger partial charge in [-0.1, -0.05) is 18.2 Å². The normalized spacial score (nSPS) is 12.1. The van der Waals surface area contributed by atoms with Crippen LogP contribution in [0.25, 0.3) is 16.7 Å². The number of hydrogen-bond donors (Lipinski definition) is 1. The standard InChI is InChI=1S/C22H18FN3O3/c1-13-18-10-16(23)8-9-19(18)29-21(13)14(2)25-22(28)20(27)15-11-24-26(12-15)17-6-4-3-5-7-17/h3-12,14H,1-2H3,(H,25,28).